The van der Waals surface area contributed by atoms with Crippen LogP contribution in [-0.4, -0.2) is 24.5 Å². The minimum atomic E-state index is 0.521. The van der Waals surface area contributed by atoms with Gasteiger partial charge in [-0.2, -0.15) is 9.97 Å². The molecule has 152 valence electrons. The Morgan fingerprint density at radius 2 is 1.22 bits per heavy atom. The highest BCUT2D eigenvalue weighted by molar-refractivity contribution is 6.31. The molecule has 6 heteroatoms. The van der Waals surface area contributed by atoms with Gasteiger partial charge in [-0.05, 0) is 12.1 Å². The smallest absolute Gasteiger partial charge is 0.238 e. The third kappa shape index (κ3) is 3.11. The molecule has 0 N–H and O–H groups in total. The lowest BCUT2D eigenvalue weighted by Crippen LogP contribution is -2.06. The second-order valence-corrected chi connectivity index (χ2v) is 7.82. The van der Waals surface area contributed by atoms with Crippen molar-refractivity contribution in [2.24, 2.45) is 0 Å². The molecule has 0 aliphatic carbocycles. The van der Waals surface area contributed by atoms with E-state index in [0.717, 1.165) is 33.1 Å². The quantitative estimate of drug-likeness (QED) is 0.326. The van der Waals surface area contributed by atoms with Gasteiger partial charge in [-0.3, -0.25) is 9.55 Å². The Hall–Kier alpha value is -4.09. The number of aromatic nitrogens is 5. The summed E-state index contributed by atoms with van der Waals surface area (Å²) in [5.41, 5.74) is 4.51. The molecule has 0 aliphatic rings. The van der Waals surface area contributed by atoms with Gasteiger partial charge in [0, 0.05) is 22.7 Å². The topological polar surface area (TPSA) is 56.5 Å². The Labute approximate surface area is 189 Å². The van der Waals surface area contributed by atoms with E-state index < -0.39 is 0 Å². The zero-order valence-corrected chi connectivity index (χ0v) is 17.6. The van der Waals surface area contributed by atoms with Gasteiger partial charge in [-0.15, -0.1) is 0 Å². The van der Waals surface area contributed by atoms with Crippen molar-refractivity contribution in [1.82, 2.24) is 24.5 Å². The van der Waals surface area contributed by atoms with E-state index >= 15 is 0 Å². The molecule has 3 aromatic heterocycles. The maximum Gasteiger partial charge on any atom is 0.238 e. The van der Waals surface area contributed by atoms with E-state index in [1.165, 1.54) is 0 Å². The SMILES string of the molecule is Clc1cnc2c3ccccc3n(-c3nc(-c4ccccc4)nc(-c4ccccc4)n3)c2c1. The van der Waals surface area contributed by atoms with E-state index in [4.69, 9.17) is 26.6 Å². The summed E-state index contributed by atoms with van der Waals surface area (Å²) in [4.78, 5) is 19.1. The van der Waals surface area contributed by atoms with E-state index in [9.17, 15) is 0 Å². The third-order valence-electron chi connectivity index (χ3n) is 5.36. The fourth-order valence-corrected chi connectivity index (χ4v) is 4.07. The van der Waals surface area contributed by atoms with Crippen molar-refractivity contribution in [3.05, 3.63) is 102 Å². The summed E-state index contributed by atoms with van der Waals surface area (Å²) in [6, 6.07) is 29.8. The molecule has 0 atom stereocenters. The summed E-state index contributed by atoms with van der Waals surface area (Å²) < 4.78 is 2.00. The van der Waals surface area contributed by atoms with Crippen molar-refractivity contribution in [2.45, 2.75) is 0 Å². The predicted octanol–water partition coefficient (Wildman–Crippen LogP) is 6.35. The number of hydrogen-bond donors (Lipinski definition) is 0. The monoisotopic (exact) mass is 433 g/mol. The molecule has 0 saturated carbocycles. The Morgan fingerprint density at radius 3 is 1.88 bits per heavy atom. The second-order valence-electron chi connectivity index (χ2n) is 7.39. The number of halogens is 1. The van der Waals surface area contributed by atoms with Crippen LogP contribution in [-0.2, 0) is 0 Å². The van der Waals surface area contributed by atoms with Crippen molar-refractivity contribution >= 4 is 33.5 Å². The molecule has 0 saturated heterocycles. The highest BCUT2D eigenvalue weighted by Gasteiger charge is 2.18. The average molecular weight is 434 g/mol. The fraction of sp³-hybridized carbons (Fsp3) is 0. The third-order valence-corrected chi connectivity index (χ3v) is 5.57. The molecule has 0 bridgehead atoms. The zero-order chi connectivity index (χ0) is 21.5. The normalized spacial score (nSPS) is 11.3. The minimum Gasteiger partial charge on any atom is -0.276 e. The first-order chi connectivity index (χ1) is 15.8. The lowest BCUT2D eigenvalue weighted by atomic mass is 10.2. The van der Waals surface area contributed by atoms with Gasteiger partial charge in [0.15, 0.2) is 11.6 Å². The zero-order valence-electron chi connectivity index (χ0n) is 16.9. The van der Waals surface area contributed by atoms with Crippen molar-refractivity contribution < 1.29 is 0 Å². The van der Waals surface area contributed by atoms with Crippen LogP contribution in [0.4, 0.5) is 0 Å². The molecule has 0 aliphatic heterocycles. The number of pyridine rings is 1. The standard InChI is InChI=1S/C26H16ClN5/c27-19-15-22-23(28-16-19)20-13-7-8-14-21(20)32(22)26-30-24(17-9-3-1-4-10-17)29-25(31-26)18-11-5-2-6-12-18/h1-16H. The van der Waals surface area contributed by atoms with Crippen LogP contribution < -0.4 is 0 Å². The summed E-state index contributed by atoms with van der Waals surface area (Å²) in [5, 5.41) is 1.57. The molecule has 6 aromatic rings. The molecule has 3 heterocycles. The summed E-state index contributed by atoms with van der Waals surface area (Å²) >= 11 is 6.33. The van der Waals surface area contributed by atoms with Crippen LogP contribution in [0.15, 0.2) is 97.2 Å². The first kappa shape index (κ1) is 18.7. The molecule has 32 heavy (non-hydrogen) atoms. The van der Waals surface area contributed by atoms with Crippen LogP contribution in [0.5, 0.6) is 0 Å². The summed E-state index contributed by atoms with van der Waals surface area (Å²) in [7, 11) is 0. The molecule has 3 aromatic carbocycles. The van der Waals surface area contributed by atoms with E-state index in [-0.39, 0.29) is 0 Å². The Bertz CT molecular complexity index is 1520. The van der Waals surface area contributed by atoms with Crippen molar-refractivity contribution in [1.29, 1.82) is 0 Å². The molecular formula is C26H16ClN5. The lowest BCUT2D eigenvalue weighted by molar-refractivity contribution is 0.953. The number of nitrogens with zero attached hydrogens (tertiary/aromatic N) is 5. The van der Waals surface area contributed by atoms with Crippen LogP contribution in [0, 0.1) is 0 Å². The molecular weight excluding hydrogens is 418 g/mol. The lowest BCUT2D eigenvalue weighted by Gasteiger charge is -2.10. The van der Waals surface area contributed by atoms with Crippen molar-refractivity contribution in [3.63, 3.8) is 0 Å². The van der Waals surface area contributed by atoms with Crippen LogP contribution >= 0.6 is 11.6 Å². The number of benzene rings is 3. The van der Waals surface area contributed by atoms with Gasteiger partial charge < -0.3 is 0 Å². The highest BCUT2D eigenvalue weighted by Crippen LogP contribution is 2.32. The van der Waals surface area contributed by atoms with Crippen molar-refractivity contribution in [2.75, 3.05) is 0 Å². The summed E-state index contributed by atoms with van der Waals surface area (Å²) in [6.07, 6.45) is 1.67. The van der Waals surface area contributed by atoms with E-state index in [0.29, 0.717) is 22.6 Å². The van der Waals surface area contributed by atoms with Crippen LogP contribution in [0.2, 0.25) is 5.02 Å². The Morgan fingerprint density at radius 1 is 0.625 bits per heavy atom. The first-order valence-electron chi connectivity index (χ1n) is 10.2. The molecule has 0 spiro atoms. The molecule has 5 nitrogen and oxygen atoms in total. The van der Waals surface area contributed by atoms with Gasteiger partial charge in [-0.1, -0.05) is 90.5 Å². The average Bonchev–Trinajstić information content (AvgIpc) is 3.18. The van der Waals surface area contributed by atoms with E-state index in [1.807, 2.05) is 95.6 Å². The second kappa shape index (κ2) is 7.55. The maximum atomic E-state index is 6.33. The first-order valence-corrected chi connectivity index (χ1v) is 10.6. The van der Waals surface area contributed by atoms with Gasteiger partial charge in [-0.25, -0.2) is 4.98 Å². The number of fused-ring (bicyclic) bond motifs is 3. The van der Waals surface area contributed by atoms with Crippen molar-refractivity contribution in [3.8, 4) is 28.7 Å². The molecule has 0 amide bonds. The number of para-hydroxylation sites is 1. The molecule has 0 fully saturated rings. The minimum absolute atomic E-state index is 0.521. The molecule has 6 rings (SSSR count). The van der Waals surface area contributed by atoms with Gasteiger partial charge in [0.1, 0.15) is 0 Å². The van der Waals surface area contributed by atoms with Gasteiger partial charge in [0.25, 0.3) is 0 Å². The number of hydrogen-bond acceptors (Lipinski definition) is 4. The molecule has 0 radical (unpaired) electrons. The predicted molar refractivity (Wildman–Crippen MR) is 128 cm³/mol. The molecule has 0 unspecified atom stereocenters. The van der Waals surface area contributed by atoms with Gasteiger partial charge in [0.05, 0.1) is 21.6 Å². The largest absolute Gasteiger partial charge is 0.276 e. The number of rotatable bonds is 3. The van der Waals surface area contributed by atoms with Gasteiger partial charge >= 0.3 is 0 Å². The highest BCUT2D eigenvalue weighted by atomic mass is 35.5. The van der Waals surface area contributed by atoms with E-state index in [1.54, 1.807) is 6.20 Å². The van der Waals surface area contributed by atoms with Crippen LogP contribution in [0.3, 0.4) is 0 Å². The Balaban J connectivity index is 1.70. The maximum absolute atomic E-state index is 6.33. The summed E-state index contributed by atoms with van der Waals surface area (Å²) in [6.45, 7) is 0. The fourth-order valence-electron chi connectivity index (χ4n) is 3.92. The van der Waals surface area contributed by atoms with E-state index in [2.05, 4.69) is 4.98 Å². The Kier molecular flexibility index (Phi) is 4.40. The van der Waals surface area contributed by atoms with Crippen LogP contribution in [0.25, 0.3) is 50.7 Å². The van der Waals surface area contributed by atoms with Crippen LogP contribution in [0.1, 0.15) is 0 Å². The van der Waals surface area contributed by atoms with Gasteiger partial charge in [0.2, 0.25) is 5.95 Å². The summed E-state index contributed by atoms with van der Waals surface area (Å²) in [5.74, 6) is 1.73.